The summed E-state index contributed by atoms with van der Waals surface area (Å²) < 4.78 is 0. The first kappa shape index (κ1) is 20.2. The number of nitrogens with zero attached hydrogens (tertiary/aromatic N) is 1. The van der Waals surface area contributed by atoms with E-state index in [0.717, 1.165) is 5.56 Å². The van der Waals surface area contributed by atoms with Crippen molar-refractivity contribution in [2.45, 2.75) is 44.3 Å². The first-order valence-electron chi connectivity index (χ1n) is 10.5. The molecule has 6 nitrogen and oxygen atoms in total. The number of rotatable bonds is 2. The topological polar surface area (TPSA) is 78.5 Å². The fraction of sp³-hybridized carbons (Fsp3) is 0.375. The van der Waals surface area contributed by atoms with Gasteiger partial charge in [0.25, 0.3) is 0 Å². The number of carbonyl (C=O) groups is 3. The van der Waals surface area contributed by atoms with Crippen molar-refractivity contribution in [3.8, 4) is 0 Å². The standard InChI is InChI=1S/C24H24ClN3O3/c1-23(2,3)28-20(29)17-16(12-13-8-5-4-6-9-13)27-24(18(17)21(28)30)14-10-7-11-15(25)19(14)26-22(24)31/h4-11,16-18,27H,12H2,1-3H3,(H,26,31)/t16-,17+,18-,24-/m0/s1. The maximum absolute atomic E-state index is 13.7. The third-order valence-electron chi connectivity index (χ3n) is 6.67. The van der Waals surface area contributed by atoms with Crippen LogP contribution in [-0.4, -0.2) is 34.2 Å². The average Bonchev–Trinajstić information content (AvgIpc) is 3.28. The van der Waals surface area contributed by atoms with Gasteiger partial charge in [-0.15, -0.1) is 0 Å². The summed E-state index contributed by atoms with van der Waals surface area (Å²) in [5.74, 6) is -2.34. The van der Waals surface area contributed by atoms with E-state index in [1.807, 2.05) is 57.2 Å². The van der Waals surface area contributed by atoms with Crippen LogP contribution in [0.3, 0.4) is 0 Å². The SMILES string of the molecule is CC(C)(C)N1C(=O)[C@@H]2[C@H](Cc3ccccc3)N[C@]3(C(=O)Nc4c(Cl)cccc43)[C@@H]2C1=O. The minimum Gasteiger partial charge on any atom is -0.323 e. The molecule has 2 saturated heterocycles. The normalized spacial score (nSPS) is 29.5. The van der Waals surface area contributed by atoms with Gasteiger partial charge in [0.2, 0.25) is 17.7 Å². The molecule has 3 aliphatic heterocycles. The highest BCUT2D eigenvalue weighted by molar-refractivity contribution is 6.35. The Morgan fingerprint density at radius 1 is 1.00 bits per heavy atom. The van der Waals surface area contributed by atoms with Crippen LogP contribution in [0.15, 0.2) is 48.5 Å². The molecule has 2 N–H and O–H groups in total. The third kappa shape index (κ3) is 2.71. The monoisotopic (exact) mass is 437 g/mol. The van der Waals surface area contributed by atoms with Crippen LogP contribution in [0, 0.1) is 11.8 Å². The predicted octanol–water partition coefficient (Wildman–Crippen LogP) is 3.10. The molecular formula is C24H24ClN3O3. The molecule has 2 fully saturated rings. The molecule has 1 spiro atoms. The van der Waals surface area contributed by atoms with Gasteiger partial charge in [-0.1, -0.05) is 54.1 Å². The molecule has 7 heteroatoms. The van der Waals surface area contributed by atoms with Crippen LogP contribution in [0.25, 0.3) is 0 Å². The van der Waals surface area contributed by atoms with Crippen molar-refractivity contribution in [2.75, 3.05) is 5.32 Å². The number of hydrogen-bond acceptors (Lipinski definition) is 4. The summed E-state index contributed by atoms with van der Waals surface area (Å²) in [7, 11) is 0. The van der Waals surface area contributed by atoms with Crippen molar-refractivity contribution in [1.29, 1.82) is 0 Å². The Hall–Kier alpha value is -2.70. The summed E-state index contributed by atoms with van der Waals surface area (Å²) in [6, 6.07) is 14.7. The number of nitrogens with one attached hydrogen (secondary N) is 2. The predicted molar refractivity (Wildman–Crippen MR) is 117 cm³/mol. The lowest BCUT2D eigenvalue weighted by Crippen LogP contribution is -2.56. The first-order valence-corrected chi connectivity index (χ1v) is 10.8. The van der Waals surface area contributed by atoms with Gasteiger partial charge in [-0.25, -0.2) is 0 Å². The summed E-state index contributed by atoms with van der Waals surface area (Å²) in [6.07, 6.45) is 0.532. The molecule has 0 bridgehead atoms. The molecule has 160 valence electrons. The average molecular weight is 438 g/mol. The van der Waals surface area contributed by atoms with Gasteiger partial charge in [-0.05, 0) is 38.8 Å². The minimum absolute atomic E-state index is 0.226. The van der Waals surface area contributed by atoms with Crippen LogP contribution >= 0.6 is 11.6 Å². The Balaban J connectivity index is 1.68. The molecule has 2 aromatic rings. The second-order valence-electron chi connectivity index (χ2n) is 9.55. The van der Waals surface area contributed by atoms with E-state index < -0.39 is 22.9 Å². The lowest BCUT2D eigenvalue weighted by molar-refractivity contribution is -0.147. The maximum Gasteiger partial charge on any atom is 0.250 e. The van der Waals surface area contributed by atoms with Gasteiger partial charge in [-0.2, -0.15) is 0 Å². The van der Waals surface area contributed by atoms with Crippen molar-refractivity contribution >= 4 is 35.0 Å². The number of fused-ring (bicyclic) bond motifs is 4. The number of imide groups is 1. The fourth-order valence-corrected chi connectivity index (χ4v) is 5.72. The minimum atomic E-state index is -1.32. The van der Waals surface area contributed by atoms with E-state index in [2.05, 4.69) is 10.6 Å². The van der Waals surface area contributed by atoms with Crippen molar-refractivity contribution < 1.29 is 14.4 Å². The number of carbonyl (C=O) groups excluding carboxylic acids is 3. The highest BCUT2D eigenvalue weighted by Crippen LogP contribution is 2.55. The molecule has 0 saturated carbocycles. The largest absolute Gasteiger partial charge is 0.323 e. The molecule has 3 amide bonds. The van der Waals surface area contributed by atoms with Crippen LogP contribution in [-0.2, 0) is 26.3 Å². The summed E-state index contributed by atoms with van der Waals surface area (Å²) in [5, 5.41) is 6.73. The lowest BCUT2D eigenvalue weighted by atomic mass is 9.76. The van der Waals surface area contributed by atoms with Crippen LogP contribution < -0.4 is 10.6 Å². The van der Waals surface area contributed by atoms with Gasteiger partial charge in [0.1, 0.15) is 5.54 Å². The summed E-state index contributed by atoms with van der Waals surface area (Å²) >= 11 is 6.37. The molecule has 2 aromatic carbocycles. The molecule has 3 aliphatic rings. The Labute approximate surface area is 185 Å². The van der Waals surface area contributed by atoms with Crippen molar-refractivity contribution in [2.24, 2.45) is 11.8 Å². The van der Waals surface area contributed by atoms with Gasteiger partial charge < -0.3 is 5.32 Å². The van der Waals surface area contributed by atoms with E-state index in [1.165, 1.54) is 4.90 Å². The Morgan fingerprint density at radius 3 is 2.39 bits per heavy atom. The van der Waals surface area contributed by atoms with E-state index in [1.54, 1.807) is 12.1 Å². The molecule has 3 heterocycles. The molecule has 0 unspecified atom stereocenters. The van der Waals surface area contributed by atoms with Crippen LogP contribution in [0.2, 0.25) is 5.02 Å². The summed E-state index contributed by atoms with van der Waals surface area (Å²) in [4.78, 5) is 42.1. The number of hydrogen-bond donors (Lipinski definition) is 2. The number of halogens is 1. The molecule has 0 radical (unpaired) electrons. The van der Waals surface area contributed by atoms with E-state index in [4.69, 9.17) is 11.6 Å². The number of likely N-dealkylation sites (tertiary alicyclic amines) is 1. The molecule has 0 aromatic heterocycles. The second kappa shape index (κ2) is 6.65. The zero-order valence-corrected chi connectivity index (χ0v) is 18.4. The fourth-order valence-electron chi connectivity index (χ4n) is 5.50. The van der Waals surface area contributed by atoms with E-state index in [-0.39, 0.29) is 23.8 Å². The Bertz CT molecular complexity index is 1110. The number of para-hydroxylation sites is 1. The number of benzene rings is 2. The molecule has 5 rings (SSSR count). The van der Waals surface area contributed by atoms with Gasteiger partial charge in [-0.3, -0.25) is 24.6 Å². The summed E-state index contributed by atoms with van der Waals surface area (Å²) in [5.41, 5.74) is 0.179. The van der Waals surface area contributed by atoms with Gasteiger partial charge >= 0.3 is 0 Å². The smallest absolute Gasteiger partial charge is 0.250 e. The quantitative estimate of drug-likeness (QED) is 0.707. The summed E-state index contributed by atoms with van der Waals surface area (Å²) in [6.45, 7) is 5.53. The van der Waals surface area contributed by atoms with Gasteiger partial charge in [0.15, 0.2) is 0 Å². The lowest BCUT2D eigenvalue weighted by Gasteiger charge is -2.34. The zero-order valence-electron chi connectivity index (χ0n) is 17.6. The third-order valence-corrected chi connectivity index (χ3v) is 6.98. The van der Waals surface area contributed by atoms with Crippen molar-refractivity contribution in [1.82, 2.24) is 10.2 Å². The van der Waals surface area contributed by atoms with Crippen molar-refractivity contribution in [3.05, 3.63) is 64.7 Å². The molecule has 31 heavy (non-hydrogen) atoms. The van der Waals surface area contributed by atoms with Gasteiger partial charge in [0, 0.05) is 17.1 Å². The van der Waals surface area contributed by atoms with E-state index in [0.29, 0.717) is 22.7 Å². The zero-order chi connectivity index (χ0) is 22.1. The van der Waals surface area contributed by atoms with Crippen LogP contribution in [0.1, 0.15) is 31.9 Å². The Morgan fingerprint density at radius 2 is 1.71 bits per heavy atom. The highest BCUT2D eigenvalue weighted by Gasteiger charge is 2.71. The van der Waals surface area contributed by atoms with Crippen LogP contribution in [0.5, 0.6) is 0 Å². The molecular weight excluding hydrogens is 414 g/mol. The van der Waals surface area contributed by atoms with Gasteiger partial charge in [0.05, 0.1) is 22.5 Å². The van der Waals surface area contributed by atoms with E-state index in [9.17, 15) is 14.4 Å². The first-order chi connectivity index (χ1) is 14.7. The molecule has 4 atom stereocenters. The molecule has 0 aliphatic carbocycles. The number of anilines is 1. The second-order valence-corrected chi connectivity index (χ2v) is 9.96. The van der Waals surface area contributed by atoms with E-state index >= 15 is 0 Å². The maximum atomic E-state index is 13.7. The van der Waals surface area contributed by atoms with Crippen molar-refractivity contribution in [3.63, 3.8) is 0 Å². The number of amides is 3. The Kier molecular flexibility index (Phi) is 4.33. The highest BCUT2D eigenvalue weighted by atomic mass is 35.5. The van der Waals surface area contributed by atoms with Crippen LogP contribution in [0.4, 0.5) is 5.69 Å².